The Morgan fingerprint density at radius 2 is 2.10 bits per heavy atom. The summed E-state index contributed by atoms with van der Waals surface area (Å²) in [6, 6.07) is 8.05. The van der Waals surface area contributed by atoms with Gasteiger partial charge < -0.3 is 19.9 Å². The lowest BCUT2D eigenvalue weighted by atomic mass is 10.2. The fraction of sp³-hybridized carbons (Fsp3) is 0.600. The van der Waals surface area contributed by atoms with Crippen LogP contribution in [-0.2, 0) is 4.74 Å². The van der Waals surface area contributed by atoms with Gasteiger partial charge in [-0.1, -0.05) is 15.9 Å². The van der Waals surface area contributed by atoms with E-state index < -0.39 is 6.10 Å². The summed E-state index contributed by atoms with van der Waals surface area (Å²) in [5.41, 5.74) is 0. The summed E-state index contributed by atoms with van der Waals surface area (Å²) in [5.74, 6) is 0.771. The number of hydrogen-bond donors (Lipinski definition) is 2. The number of hydrogen-bond acceptors (Lipinski definition) is 4. The second-order valence-electron chi connectivity index (χ2n) is 5.19. The second-order valence-corrected chi connectivity index (χ2v) is 6.11. The predicted octanol–water partition coefficient (Wildman–Crippen LogP) is 2.35. The zero-order valence-electron chi connectivity index (χ0n) is 11.7. The molecule has 0 aromatic heterocycles. The summed E-state index contributed by atoms with van der Waals surface area (Å²) in [4.78, 5) is 0. The van der Waals surface area contributed by atoms with E-state index in [1.807, 2.05) is 24.3 Å². The van der Waals surface area contributed by atoms with Crippen LogP contribution in [0, 0.1) is 0 Å². The van der Waals surface area contributed by atoms with Crippen LogP contribution in [0.3, 0.4) is 0 Å². The van der Waals surface area contributed by atoms with Crippen molar-refractivity contribution in [3.63, 3.8) is 0 Å². The van der Waals surface area contributed by atoms with E-state index in [0.717, 1.165) is 29.5 Å². The topological polar surface area (TPSA) is 50.7 Å². The number of nitrogens with one attached hydrogen (secondary N) is 1. The lowest BCUT2D eigenvalue weighted by Gasteiger charge is -2.17. The second kappa shape index (κ2) is 7.98. The zero-order chi connectivity index (χ0) is 14.4. The molecule has 0 heterocycles. The molecule has 1 aromatic rings. The van der Waals surface area contributed by atoms with E-state index >= 15 is 0 Å². The van der Waals surface area contributed by atoms with Crippen molar-refractivity contribution in [3.8, 4) is 5.75 Å². The van der Waals surface area contributed by atoms with Crippen LogP contribution in [0.2, 0.25) is 0 Å². The Morgan fingerprint density at radius 1 is 1.35 bits per heavy atom. The molecule has 1 aromatic carbocycles. The van der Waals surface area contributed by atoms with Gasteiger partial charge >= 0.3 is 0 Å². The monoisotopic (exact) mass is 343 g/mol. The van der Waals surface area contributed by atoms with E-state index in [4.69, 9.17) is 9.47 Å². The maximum absolute atomic E-state index is 9.92. The van der Waals surface area contributed by atoms with Crippen LogP contribution in [0.5, 0.6) is 5.75 Å². The smallest absolute Gasteiger partial charge is 0.119 e. The number of ether oxygens (including phenoxy) is 2. The first-order valence-electron chi connectivity index (χ1n) is 7.00. The highest BCUT2D eigenvalue weighted by molar-refractivity contribution is 9.10. The Kier molecular flexibility index (Phi) is 6.29. The molecule has 112 valence electrons. The van der Waals surface area contributed by atoms with Gasteiger partial charge in [0, 0.05) is 24.2 Å². The van der Waals surface area contributed by atoms with Gasteiger partial charge in [0.25, 0.3) is 0 Å². The molecule has 1 fully saturated rings. The molecule has 1 saturated carbocycles. The minimum absolute atomic E-state index is 0.301. The molecule has 2 N–H and O–H groups in total. The van der Waals surface area contributed by atoms with E-state index in [1.54, 1.807) is 7.11 Å². The minimum atomic E-state index is -0.500. The Hall–Kier alpha value is -0.620. The van der Waals surface area contributed by atoms with Gasteiger partial charge in [-0.25, -0.2) is 0 Å². The first kappa shape index (κ1) is 15.8. The molecule has 3 unspecified atom stereocenters. The molecule has 0 bridgehead atoms. The van der Waals surface area contributed by atoms with Gasteiger partial charge in [0.2, 0.25) is 0 Å². The molecule has 1 aliphatic rings. The van der Waals surface area contributed by atoms with Crippen LogP contribution in [0.15, 0.2) is 28.7 Å². The number of aliphatic hydroxyl groups excluding tert-OH is 1. The quantitative estimate of drug-likeness (QED) is 0.797. The molecule has 0 spiro atoms. The standard InChI is InChI=1S/C15H22BrNO3/c1-19-15-7-4-12(8-15)17-9-13(18)10-20-14-5-2-11(16)3-6-14/h2-3,5-6,12-13,15,17-18H,4,7-10H2,1H3. The molecule has 3 atom stereocenters. The summed E-state index contributed by atoms with van der Waals surface area (Å²) in [5, 5.41) is 13.3. The molecule has 2 rings (SSSR count). The Balaban J connectivity index is 1.63. The van der Waals surface area contributed by atoms with Crippen molar-refractivity contribution in [2.45, 2.75) is 37.5 Å². The van der Waals surface area contributed by atoms with E-state index in [2.05, 4.69) is 21.2 Å². The fourth-order valence-corrected chi connectivity index (χ4v) is 2.69. The number of aliphatic hydroxyl groups is 1. The van der Waals surface area contributed by atoms with Crippen molar-refractivity contribution in [2.24, 2.45) is 0 Å². The van der Waals surface area contributed by atoms with Crippen LogP contribution in [0.25, 0.3) is 0 Å². The van der Waals surface area contributed by atoms with Crippen molar-refractivity contribution >= 4 is 15.9 Å². The summed E-state index contributed by atoms with van der Waals surface area (Å²) in [6.45, 7) is 0.854. The van der Waals surface area contributed by atoms with Crippen LogP contribution in [0.1, 0.15) is 19.3 Å². The molecule has 0 amide bonds. The molecular weight excluding hydrogens is 322 g/mol. The summed E-state index contributed by atoms with van der Waals surface area (Å²) in [6.07, 6.45) is 3.10. The summed E-state index contributed by atoms with van der Waals surface area (Å²) < 4.78 is 11.9. The molecular formula is C15H22BrNO3. The van der Waals surface area contributed by atoms with E-state index in [1.165, 1.54) is 0 Å². The summed E-state index contributed by atoms with van der Waals surface area (Å²) in [7, 11) is 1.76. The predicted molar refractivity (Wildman–Crippen MR) is 82.1 cm³/mol. The summed E-state index contributed by atoms with van der Waals surface area (Å²) >= 11 is 3.37. The molecule has 4 nitrogen and oxygen atoms in total. The third-order valence-corrected chi connectivity index (χ3v) is 4.14. The SMILES string of the molecule is COC1CCC(NCC(O)COc2ccc(Br)cc2)C1. The molecule has 5 heteroatoms. The van der Waals surface area contributed by atoms with Crippen molar-refractivity contribution in [3.05, 3.63) is 28.7 Å². The van der Waals surface area contributed by atoms with Gasteiger partial charge in [0.15, 0.2) is 0 Å². The highest BCUT2D eigenvalue weighted by Gasteiger charge is 2.24. The van der Waals surface area contributed by atoms with Crippen LogP contribution in [-0.4, -0.2) is 43.6 Å². The van der Waals surface area contributed by atoms with Crippen LogP contribution >= 0.6 is 15.9 Å². The van der Waals surface area contributed by atoms with Gasteiger partial charge in [-0.3, -0.25) is 0 Å². The maximum Gasteiger partial charge on any atom is 0.119 e. The van der Waals surface area contributed by atoms with E-state index in [0.29, 0.717) is 25.3 Å². The Labute approximate surface area is 128 Å². The Morgan fingerprint density at radius 3 is 2.75 bits per heavy atom. The molecule has 1 aliphatic carbocycles. The Bertz CT molecular complexity index is 399. The highest BCUT2D eigenvalue weighted by atomic mass is 79.9. The minimum Gasteiger partial charge on any atom is -0.491 e. The third-order valence-electron chi connectivity index (χ3n) is 3.62. The first-order chi connectivity index (χ1) is 9.67. The highest BCUT2D eigenvalue weighted by Crippen LogP contribution is 2.21. The number of benzene rings is 1. The molecule has 0 radical (unpaired) electrons. The van der Waals surface area contributed by atoms with Gasteiger partial charge in [0.05, 0.1) is 6.10 Å². The van der Waals surface area contributed by atoms with Gasteiger partial charge in [0.1, 0.15) is 18.5 Å². The van der Waals surface area contributed by atoms with E-state index in [-0.39, 0.29) is 0 Å². The number of methoxy groups -OCH3 is 1. The zero-order valence-corrected chi connectivity index (χ0v) is 13.3. The first-order valence-corrected chi connectivity index (χ1v) is 7.79. The van der Waals surface area contributed by atoms with Gasteiger partial charge in [-0.2, -0.15) is 0 Å². The maximum atomic E-state index is 9.92. The lowest BCUT2D eigenvalue weighted by Crippen LogP contribution is -2.37. The van der Waals surface area contributed by atoms with Crippen LogP contribution in [0.4, 0.5) is 0 Å². The average molecular weight is 344 g/mol. The lowest BCUT2D eigenvalue weighted by molar-refractivity contribution is 0.0966. The molecule has 0 saturated heterocycles. The third kappa shape index (κ3) is 5.05. The van der Waals surface area contributed by atoms with Crippen molar-refractivity contribution in [1.82, 2.24) is 5.32 Å². The molecule has 0 aliphatic heterocycles. The number of rotatable bonds is 7. The molecule has 20 heavy (non-hydrogen) atoms. The largest absolute Gasteiger partial charge is 0.491 e. The van der Waals surface area contributed by atoms with Gasteiger partial charge in [-0.05, 0) is 43.5 Å². The van der Waals surface area contributed by atoms with Gasteiger partial charge in [-0.15, -0.1) is 0 Å². The van der Waals surface area contributed by atoms with E-state index in [9.17, 15) is 5.11 Å². The number of halogens is 1. The normalized spacial score (nSPS) is 23.8. The average Bonchev–Trinajstić information content (AvgIpc) is 2.92. The fourth-order valence-electron chi connectivity index (χ4n) is 2.42. The van der Waals surface area contributed by atoms with Crippen molar-refractivity contribution < 1.29 is 14.6 Å². The van der Waals surface area contributed by atoms with Crippen molar-refractivity contribution in [2.75, 3.05) is 20.3 Å². The van der Waals surface area contributed by atoms with Crippen molar-refractivity contribution in [1.29, 1.82) is 0 Å². The van der Waals surface area contributed by atoms with Crippen LogP contribution < -0.4 is 10.1 Å².